The Labute approximate surface area is 416 Å². The lowest BCUT2D eigenvalue weighted by Gasteiger charge is -2.20. The van der Waals surface area contributed by atoms with E-state index in [1.165, 1.54) is 0 Å². The molecule has 1 aliphatic carbocycles. The smallest absolute Gasteiger partial charge is 0.122 e. The van der Waals surface area contributed by atoms with E-state index in [4.69, 9.17) is 0 Å². The number of benzene rings is 6. The van der Waals surface area contributed by atoms with Crippen molar-refractivity contribution in [3.8, 4) is 34.5 Å². The number of hydrogen-bond acceptors (Lipinski definition) is 12. The van der Waals surface area contributed by atoms with E-state index in [0.717, 1.165) is 67.9 Å². The van der Waals surface area contributed by atoms with Gasteiger partial charge in [0.25, 0.3) is 0 Å². The monoisotopic (exact) mass is 996 g/mol. The maximum absolute atomic E-state index is 12.2. The van der Waals surface area contributed by atoms with Gasteiger partial charge >= 0.3 is 0 Å². The zero-order chi connectivity index (χ0) is 47.1. The molecular weight excluding hydrogens is 937 g/mol. The predicted molar refractivity (Wildman–Crippen MR) is 289 cm³/mol. The van der Waals surface area contributed by atoms with Crippen LogP contribution < -0.4 is 0 Å². The summed E-state index contributed by atoms with van der Waals surface area (Å²) < 4.78 is 0. The minimum absolute atomic E-state index is 0.132. The maximum atomic E-state index is 12.2. The van der Waals surface area contributed by atoms with Gasteiger partial charge < -0.3 is 30.6 Å². The minimum Gasteiger partial charge on any atom is -0.507 e. The third-order valence-corrected chi connectivity index (χ3v) is 15.8. The Balaban J connectivity index is 1.49. The average molecular weight is 997 g/mol. The van der Waals surface area contributed by atoms with Gasteiger partial charge in [0.1, 0.15) is 34.5 Å². The molecule has 6 nitrogen and oxygen atoms in total. The number of phenols is 6. The Morgan fingerprint density at radius 1 is 0.242 bits per heavy atom. The average Bonchev–Trinajstić information content (AvgIpc) is 3.27. The molecule has 0 fully saturated rings. The summed E-state index contributed by atoms with van der Waals surface area (Å²) in [5.74, 6) is 5.10. The summed E-state index contributed by atoms with van der Waals surface area (Å²) in [4.78, 5) is 0. The standard InChI is InChI=1S/C54H60O6S6/c1-61-25-31-7-37-19-39-9-32(26-62-2)11-41(50(39)56)21-43-13-34(28-64-4)15-45(52(43)58)23-47-17-36(30-66-6)18-48(54(47)60)24-46-16-35(29-65-5)14-44(53(46)59)22-42-12-33(27-63-3)10-40(51(42)57)20-38(8-31)49(37)55/h7-18,55-60H,19-30H2,1-6H3. The molecule has 348 valence electrons. The number of aromatic hydroxyl groups is 6. The topological polar surface area (TPSA) is 121 Å². The van der Waals surface area contributed by atoms with Crippen LogP contribution in [0.15, 0.2) is 72.8 Å². The number of thioether (sulfide) groups is 6. The molecular formula is C54H60O6S6. The van der Waals surface area contributed by atoms with Gasteiger partial charge in [0.15, 0.2) is 0 Å². The Kier molecular flexibility index (Phi) is 17.5. The van der Waals surface area contributed by atoms with Gasteiger partial charge in [-0.1, -0.05) is 72.8 Å². The second-order valence-electron chi connectivity index (χ2n) is 17.2. The molecule has 7 rings (SSSR count). The van der Waals surface area contributed by atoms with E-state index in [1.54, 1.807) is 70.6 Å². The van der Waals surface area contributed by atoms with Crippen LogP contribution in [0.3, 0.4) is 0 Å². The van der Waals surface area contributed by atoms with Crippen LogP contribution in [0, 0.1) is 0 Å². The summed E-state index contributed by atoms with van der Waals surface area (Å²) in [7, 11) is 0. The highest BCUT2D eigenvalue weighted by Gasteiger charge is 2.23. The molecule has 0 spiro atoms. The number of hydrogen-bond donors (Lipinski definition) is 6. The van der Waals surface area contributed by atoms with E-state index in [1.807, 2.05) is 72.8 Å². The first-order valence-electron chi connectivity index (χ1n) is 21.8. The van der Waals surface area contributed by atoms with Crippen molar-refractivity contribution in [2.24, 2.45) is 0 Å². The van der Waals surface area contributed by atoms with Crippen LogP contribution in [0.1, 0.15) is 100 Å². The van der Waals surface area contributed by atoms with Gasteiger partial charge in [-0.25, -0.2) is 0 Å². The van der Waals surface area contributed by atoms with E-state index in [2.05, 4.69) is 37.5 Å². The fourth-order valence-electron chi connectivity index (χ4n) is 9.34. The zero-order valence-corrected chi connectivity index (χ0v) is 43.4. The largest absolute Gasteiger partial charge is 0.507 e. The highest BCUT2D eigenvalue weighted by molar-refractivity contribution is 7.98. The SMILES string of the molecule is CSCc1cc2c(O)c(c1)Cc1cc(CSC)cc(c1O)Cc1cc(CSC)cc(c1O)Cc1cc(CSC)cc(c1O)Cc1cc(CSC)cc(c1O)Cc1cc(CSC)cc(c1O)C2. The molecule has 12 bridgehead atoms. The maximum Gasteiger partial charge on any atom is 0.122 e. The Morgan fingerprint density at radius 2 is 0.348 bits per heavy atom. The molecule has 0 atom stereocenters. The molecule has 12 heteroatoms. The second kappa shape index (κ2) is 23.0. The zero-order valence-electron chi connectivity index (χ0n) is 38.5. The van der Waals surface area contributed by atoms with Crippen LogP contribution in [0.5, 0.6) is 34.5 Å². The normalized spacial score (nSPS) is 12.8. The van der Waals surface area contributed by atoms with Crippen LogP contribution >= 0.6 is 70.6 Å². The first kappa shape index (κ1) is 50.1. The molecule has 0 saturated heterocycles. The Hall–Kier alpha value is -3.78. The fraction of sp³-hybridized carbons (Fsp3) is 0.333. The third-order valence-electron chi connectivity index (χ3n) is 12.1. The molecule has 0 aliphatic heterocycles. The molecule has 0 amide bonds. The lowest BCUT2D eigenvalue weighted by molar-refractivity contribution is 0.451. The number of fused-ring (bicyclic) bond motifs is 12. The van der Waals surface area contributed by atoms with Gasteiger partial charge in [-0.05, 0) is 138 Å². The van der Waals surface area contributed by atoms with Crippen LogP contribution in [-0.4, -0.2) is 68.2 Å². The molecule has 6 aromatic rings. The molecule has 0 saturated carbocycles. The summed E-state index contributed by atoms with van der Waals surface area (Å²) in [6, 6.07) is 24.3. The summed E-state index contributed by atoms with van der Waals surface area (Å²) in [6.45, 7) is 0. The molecule has 0 heterocycles. The van der Waals surface area contributed by atoms with Gasteiger partial charge in [0.2, 0.25) is 0 Å². The van der Waals surface area contributed by atoms with Crippen LogP contribution in [0.4, 0.5) is 0 Å². The Bertz CT molecular complexity index is 2100. The highest BCUT2D eigenvalue weighted by atomic mass is 32.2. The van der Waals surface area contributed by atoms with Gasteiger partial charge in [-0.2, -0.15) is 70.6 Å². The predicted octanol–water partition coefficient (Wildman–Crippen LogP) is 13.0. The summed E-state index contributed by atoms with van der Waals surface area (Å²) in [6.07, 6.45) is 14.0. The van der Waals surface area contributed by atoms with Crippen molar-refractivity contribution < 1.29 is 30.6 Å². The van der Waals surface area contributed by atoms with E-state index < -0.39 is 0 Å². The third kappa shape index (κ3) is 11.7. The van der Waals surface area contributed by atoms with Gasteiger partial charge in [-0.3, -0.25) is 0 Å². The summed E-state index contributed by atoms with van der Waals surface area (Å²) >= 11 is 10.2. The number of rotatable bonds is 12. The van der Waals surface area contributed by atoms with Crippen molar-refractivity contribution in [3.63, 3.8) is 0 Å². The molecule has 6 aromatic carbocycles. The first-order chi connectivity index (χ1) is 31.9. The van der Waals surface area contributed by atoms with Crippen LogP contribution in [-0.2, 0) is 73.0 Å². The Morgan fingerprint density at radius 3 is 0.439 bits per heavy atom. The second-order valence-corrected chi connectivity index (χ2v) is 22.4. The number of phenolic OH excluding ortho intramolecular Hbond substituents is 6. The minimum atomic E-state index is 0.132. The van der Waals surface area contributed by atoms with Crippen molar-refractivity contribution in [1.29, 1.82) is 0 Å². The van der Waals surface area contributed by atoms with Crippen molar-refractivity contribution in [2.45, 2.75) is 73.0 Å². The van der Waals surface area contributed by atoms with Crippen LogP contribution in [0.25, 0.3) is 0 Å². The van der Waals surface area contributed by atoms with Crippen molar-refractivity contribution in [3.05, 3.63) is 173 Å². The van der Waals surface area contributed by atoms with E-state index in [0.29, 0.717) is 66.8 Å². The van der Waals surface area contributed by atoms with E-state index in [-0.39, 0.29) is 73.0 Å². The fourth-order valence-corrected chi connectivity index (χ4v) is 12.3. The highest BCUT2D eigenvalue weighted by Crippen LogP contribution is 2.42. The molecule has 6 N–H and O–H groups in total. The summed E-state index contributed by atoms with van der Waals surface area (Å²) in [5, 5.41) is 73.0. The molecule has 0 radical (unpaired) electrons. The van der Waals surface area contributed by atoms with Crippen molar-refractivity contribution in [1.82, 2.24) is 0 Å². The van der Waals surface area contributed by atoms with Gasteiger partial charge in [-0.15, -0.1) is 0 Å². The van der Waals surface area contributed by atoms with Gasteiger partial charge in [0.05, 0.1) is 0 Å². The van der Waals surface area contributed by atoms with Crippen molar-refractivity contribution in [2.75, 3.05) is 37.5 Å². The van der Waals surface area contributed by atoms with Crippen molar-refractivity contribution >= 4 is 70.6 Å². The lowest BCUT2D eigenvalue weighted by atomic mass is 9.89. The lowest BCUT2D eigenvalue weighted by Crippen LogP contribution is -2.04. The molecule has 1 aliphatic rings. The van der Waals surface area contributed by atoms with E-state index in [9.17, 15) is 30.6 Å². The molecule has 0 aromatic heterocycles. The molecule has 0 unspecified atom stereocenters. The quantitative estimate of drug-likeness (QED) is 0.0699. The molecule has 66 heavy (non-hydrogen) atoms. The summed E-state index contributed by atoms with van der Waals surface area (Å²) in [5.41, 5.74) is 14.5. The first-order valence-corrected chi connectivity index (χ1v) is 30.2. The van der Waals surface area contributed by atoms with E-state index >= 15 is 0 Å². The van der Waals surface area contributed by atoms with Gasteiger partial charge in [0, 0.05) is 73.0 Å². The van der Waals surface area contributed by atoms with Crippen LogP contribution in [0.2, 0.25) is 0 Å².